The van der Waals surface area contributed by atoms with Crippen molar-refractivity contribution >= 4 is 0 Å². The van der Waals surface area contributed by atoms with E-state index in [2.05, 4.69) is 13.2 Å². The maximum absolute atomic E-state index is 8.93. The van der Waals surface area contributed by atoms with Gasteiger partial charge in [-0.2, -0.15) is 0 Å². The first-order valence-corrected chi connectivity index (χ1v) is 4.55. The molecule has 0 amide bonds. The van der Waals surface area contributed by atoms with Crippen molar-refractivity contribution in [2.45, 2.75) is 5.54 Å². The maximum Gasteiger partial charge on any atom is 0.186 e. The molecule has 1 aliphatic heterocycles. The molecule has 0 aromatic carbocycles. The Morgan fingerprint density at radius 1 is 1.15 bits per heavy atom. The van der Waals surface area contributed by atoms with Crippen molar-refractivity contribution < 1.29 is 14.7 Å². The lowest BCUT2D eigenvalue weighted by molar-refractivity contribution is -0.822. The van der Waals surface area contributed by atoms with Crippen LogP contribution < -0.4 is 0 Å². The minimum absolute atomic E-state index is 0.106. The minimum Gasteiger partial charge on any atom is -0.391 e. The van der Waals surface area contributed by atoms with Gasteiger partial charge in [0, 0.05) is 0 Å². The van der Waals surface area contributed by atoms with Gasteiger partial charge in [-0.1, -0.05) is 13.2 Å². The smallest absolute Gasteiger partial charge is 0.186 e. The van der Waals surface area contributed by atoms with Crippen molar-refractivity contribution in [3.05, 3.63) is 25.3 Å². The molecule has 1 fully saturated rings. The quantitative estimate of drug-likeness (QED) is 0.344. The Morgan fingerprint density at radius 3 is 1.85 bits per heavy atom. The molecule has 0 aromatic rings. The average molecular weight is 184 g/mol. The number of hydrogen-bond donors (Lipinski definition) is 2. The van der Waals surface area contributed by atoms with Gasteiger partial charge in [0.15, 0.2) is 5.54 Å². The number of aliphatic hydroxyl groups excluding tert-OH is 2. The van der Waals surface area contributed by atoms with Crippen LogP contribution in [0.5, 0.6) is 0 Å². The Hall–Kier alpha value is -0.640. The molecule has 13 heavy (non-hydrogen) atoms. The first kappa shape index (κ1) is 10.4. The fraction of sp³-hybridized carbons (Fsp3) is 0.600. The normalized spacial score (nSPS) is 22.3. The monoisotopic (exact) mass is 184 g/mol. The third-order valence-electron chi connectivity index (χ3n) is 3.10. The summed E-state index contributed by atoms with van der Waals surface area (Å²) in [5.41, 5.74) is -0.106. The number of aliphatic hydroxyl groups is 2. The Balaban J connectivity index is 2.73. The molecule has 74 valence electrons. The van der Waals surface area contributed by atoms with E-state index in [1.54, 1.807) is 0 Å². The highest BCUT2D eigenvalue weighted by molar-refractivity contribution is 5.18. The van der Waals surface area contributed by atoms with Crippen LogP contribution >= 0.6 is 0 Å². The molecule has 1 aliphatic rings. The number of hydrogen-bond acceptors (Lipinski definition) is 2. The molecule has 2 N–H and O–H groups in total. The van der Waals surface area contributed by atoms with E-state index in [1.807, 2.05) is 12.2 Å². The maximum atomic E-state index is 8.93. The van der Waals surface area contributed by atoms with E-state index in [-0.39, 0.29) is 18.8 Å². The Morgan fingerprint density at radius 2 is 1.62 bits per heavy atom. The van der Waals surface area contributed by atoms with Crippen LogP contribution in [0.4, 0.5) is 0 Å². The van der Waals surface area contributed by atoms with Gasteiger partial charge < -0.3 is 10.2 Å². The van der Waals surface area contributed by atoms with E-state index < -0.39 is 0 Å². The molecular formula is C10H18NO2+. The van der Waals surface area contributed by atoms with Gasteiger partial charge in [-0.3, -0.25) is 4.48 Å². The Labute approximate surface area is 79.2 Å². The van der Waals surface area contributed by atoms with Crippen molar-refractivity contribution in [2.75, 3.05) is 32.8 Å². The molecule has 1 rings (SSSR count). The van der Waals surface area contributed by atoms with E-state index in [0.29, 0.717) is 17.6 Å². The molecule has 0 spiro atoms. The molecule has 0 aromatic heterocycles. The zero-order valence-corrected chi connectivity index (χ0v) is 7.95. The summed E-state index contributed by atoms with van der Waals surface area (Å²) >= 11 is 0. The highest BCUT2D eigenvalue weighted by Crippen LogP contribution is 2.44. The Kier molecular flexibility index (Phi) is 2.91. The molecule has 3 nitrogen and oxygen atoms in total. The van der Waals surface area contributed by atoms with Crippen LogP contribution in [0.1, 0.15) is 0 Å². The van der Waals surface area contributed by atoms with Gasteiger partial charge in [-0.25, -0.2) is 0 Å². The molecular weight excluding hydrogens is 166 g/mol. The van der Waals surface area contributed by atoms with Crippen LogP contribution in [0.3, 0.4) is 0 Å². The van der Waals surface area contributed by atoms with Gasteiger partial charge in [0.25, 0.3) is 0 Å². The molecule has 1 heterocycles. The first-order valence-electron chi connectivity index (χ1n) is 4.55. The van der Waals surface area contributed by atoms with E-state index >= 15 is 0 Å². The zero-order chi connectivity index (χ0) is 9.95. The third-order valence-corrected chi connectivity index (χ3v) is 3.10. The first-order chi connectivity index (χ1) is 6.20. The van der Waals surface area contributed by atoms with Crippen LogP contribution in [0.15, 0.2) is 25.3 Å². The zero-order valence-electron chi connectivity index (χ0n) is 7.95. The molecule has 0 saturated carbocycles. The molecule has 0 atom stereocenters. The van der Waals surface area contributed by atoms with Gasteiger partial charge in [0.2, 0.25) is 0 Å². The summed E-state index contributed by atoms with van der Waals surface area (Å²) in [5.74, 6) is 0. The number of nitrogens with zero attached hydrogens (tertiary/aromatic N) is 1. The topological polar surface area (TPSA) is 40.5 Å². The minimum atomic E-state index is -0.106. The summed E-state index contributed by atoms with van der Waals surface area (Å²) in [4.78, 5) is 0. The molecule has 1 saturated heterocycles. The van der Waals surface area contributed by atoms with E-state index in [9.17, 15) is 0 Å². The van der Waals surface area contributed by atoms with Gasteiger partial charge in [-0.05, 0) is 12.2 Å². The lowest BCUT2D eigenvalue weighted by Crippen LogP contribution is -2.39. The van der Waals surface area contributed by atoms with Gasteiger partial charge in [0.1, 0.15) is 19.6 Å². The fourth-order valence-corrected chi connectivity index (χ4v) is 2.12. The summed E-state index contributed by atoms with van der Waals surface area (Å²) in [6.07, 6.45) is 3.73. The van der Waals surface area contributed by atoms with E-state index in [0.717, 1.165) is 6.54 Å². The van der Waals surface area contributed by atoms with Gasteiger partial charge in [0.05, 0.1) is 13.2 Å². The standard InChI is InChI=1S/C10H18NO2/c1-3-10(4-2)9-11(10,5-7-12)6-8-13/h3-4,12-13H,1-2,5-9H2/q+1. The van der Waals surface area contributed by atoms with Crippen LogP contribution in [0.2, 0.25) is 0 Å². The lowest BCUT2D eigenvalue weighted by atomic mass is 10.1. The van der Waals surface area contributed by atoms with Crippen molar-refractivity contribution in [2.24, 2.45) is 0 Å². The summed E-state index contributed by atoms with van der Waals surface area (Å²) in [6.45, 7) is 10.1. The highest BCUT2D eigenvalue weighted by Gasteiger charge is 2.64. The predicted octanol–water partition coefficient (Wildman–Crippen LogP) is -0.0878. The number of rotatable bonds is 6. The molecule has 3 heteroatoms. The fourth-order valence-electron chi connectivity index (χ4n) is 2.12. The summed E-state index contributed by atoms with van der Waals surface area (Å²) in [6, 6.07) is 0. The van der Waals surface area contributed by atoms with E-state index in [1.165, 1.54) is 0 Å². The van der Waals surface area contributed by atoms with Crippen LogP contribution in [0, 0.1) is 0 Å². The average Bonchev–Trinajstić information content (AvgIpc) is 2.76. The van der Waals surface area contributed by atoms with E-state index in [4.69, 9.17) is 10.2 Å². The van der Waals surface area contributed by atoms with Gasteiger partial charge in [-0.15, -0.1) is 0 Å². The van der Waals surface area contributed by atoms with Crippen LogP contribution in [-0.4, -0.2) is 53.1 Å². The van der Waals surface area contributed by atoms with Crippen molar-refractivity contribution in [1.82, 2.24) is 0 Å². The second kappa shape index (κ2) is 3.62. The third kappa shape index (κ3) is 1.43. The Bertz CT molecular complexity index is 199. The van der Waals surface area contributed by atoms with Crippen molar-refractivity contribution in [3.8, 4) is 0 Å². The second-order valence-corrected chi connectivity index (χ2v) is 3.60. The summed E-state index contributed by atoms with van der Waals surface area (Å²) in [7, 11) is 0. The lowest BCUT2D eigenvalue weighted by Gasteiger charge is -2.21. The number of quaternary nitrogens is 1. The van der Waals surface area contributed by atoms with Crippen LogP contribution in [-0.2, 0) is 0 Å². The van der Waals surface area contributed by atoms with Crippen molar-refractivity contribution in [1.29, 1.82) is 0 Å². The second-order valence-electron chi connectivity index (χ2n) is 3.60. The molecule has 0 bridgehead atoms. The van der Waals surface area contributed by atoms with Crippen LogP contribution in [0.25, 0.3) is 0 Å². The summed E-state index contributed by atoms with van der Waals surface area (Å²) in [5, 5.41) is 17.9. The van der Waals surface area contributed by atoms with Gasteiger partial charge >= 0.3 is 0 Å². The summed E-state index contributed by atoms with van der Waals surface area (Å²) < 4.78 is 0.701. The molecule has 0 radical (unpaired) electrons. The van der Waals surface area contributed by atoms with Crippen molar-refractivity contribution in [3.63, 3.8) is 0 Å². The molecule has 0 aliphatic carbocycles. The molecule has 0 unspecified atom stereocenters. The predicted molar refractivity (Wildman–Crippen MR) is 52.2 cm³/mol. The SMILES string of the molecule is C=CC1(C=C)C[N+]1(CCO)CCO. The highest BCUT2D eigenvalue weighted by atomic mass is 16.3. The largest absolute Gasteiger partial charge is 0.391 e.